The van der Waals surface area contributed by atoms with E-state index in [-0.39, 0.29) is 6.04 Å². The van der Waals surface area contributed by atoms with Gasteiger partial charge >= 0.3 is 0 Å². The summed E-state index contributed by atoms with van der Waals surface area (Å²) in [6, 6.07) is 12.1. The van der Waals surface area contributed by atoms with E-state index in [1.807, 2.05) is 24.3 Å². The van der Waals surface area contributed by atoms with Crippen LogP contribution in [-0.2, 0) is 6.42 Å². The number of para-hydroxylation sites is 2. The standard InChI is InChI=1S/C15H16N4S/c16-19-14(8-7-11-4-3-9-20-11)15-10-17-12-5-1-2-6-13(12)18-15/h1-6,9-10,14,19H,7-8,16H2. The van der Waals surface area contributed by atoms with Gasteiger partial charge in [-0.2, -0.15) is 0 Å². The smallest absolute Gasteiger partial charge is 0.0890 e. The van der Waals surface area contributed by atoms with Gasteiger partial charge in [0.05, 0.1) is 29.0 Å². The number of rotatable bonds is 5. The molecule has 0 bridgehead atoms. The number of nitrogens with two attached hydrogens (primary N) is 1. The Labute approximate surface area is 121 Å². The molecule has 0 radical (unpaired) electrons. The van der Waals surface area contributed by atoms with E-state index >= 15 is 0 Å². The lowest BCUT2D eigenvalue weighted by Gasteiger charge is -2.14. The molecule has 1 aromatic carbocycles. The summed E-state index contributed by atoms with van der Waals surface area (Å²) in [5.74, 6) is 5.67. The normalized spacial score (nSPS) is 12.7. The first-order valence-electron chi connectivity index (χ1n) is 6.57. The molecule has 0 aliphatic rings. The van der Waals surface area contributed by atoms with E-state index in [0.717, 1.165) is 29.6 Å². The molecule has 1 unspecified atom stereocenters. The number of nitrogens with zero attached hydrogens (tertiary/aromatic N) is 2. The fourth-order valence-corrected chi connectivity index (χ4v) is 2.92. The number of benzene rings is 1. The Bertz CT molecular complexity index is 681. The summed E-state index contributed by atoms with van der Waals surface area (Å²) >= 11 is 1.77. The summed E-state index contributed by atoms with van der Waals surface area (Å²) in [5.41, 5.74) is 5.55. The first-order valence-corrected chi connectivity index (χ1v) is 7.45. The van der Waals surface area contributed by atoms with E-state index in [9.17, 15) is 0 Å². The highest BCUT2D eigenvalue weighted by Gasteiger charge is 2.12. The summed E-state index contributed by atoms with van der Waals surface area (Å²) in [7, 11) is 0. The van der Waals surface area contributed by atoms with Crippen LogP contribution in [0.3, 0.4) is 0 Å². The summed E-state index contributed by atoms with van der Waals surface area (Å²) in [6.45, 7) is 0. The van der Waals surface area contributed by atoms with Crippen molar-refractivity contribution in [2.45, 2.75) is 18.9 Å². The number of nitrogens with one attached hydrogen (secondary N) is 1. The molecule has 0 saturated carbocycles. The van der Waals surface area contributed by atoms with Crippen LogP contribution in [0.15, 0.2) is 48.0 Å². The molecule has 2 aromatic heterocycles. The van der Waals surface area contributed by atoms with Gasteiger partial charge in [0, 0.05) is 4.88 Å². The maximum atomic E-state index is 5.67. The molecule has 102 valence electrons. The fraction of sp³-hybridized carbons (Fsp3) is 0.200. The Balaban J connectivity index is 1.79. The molecule has 3 rings (SSSR count). The van der Waals surface area contributed by atoms with Gasteiger partial charge in [0.1, 0.15) is 0 Å². The third kappa shape index (κ3) is 2.85. The Morgan fingerprint density at radius 3 is 2.75 bits per heavy atom. The van der Waals surface area contributed by atoms with Crippen LogP contribution >= 0.6 is 11.3 Å². The molecule has 3 N–H and O–H groups in total. The monoisotopic (exact) mass is 284 g/mol. The van der Waals surface area contributed by atoms with Crippen molar-refractivity contribution in [2.24, 2.45) is 5.84 Å². The zero-order chi connectivity index (χ0) is 13.8. The molecule has 0 saturated heterocycles. The molecule has 1 atom stereocenters. The zero-order valence-electron chi connectivity index (χ0n) is 11.0. The summed E-state index contributed by atoms with van der Waals surface area (Å²) in [5, 5.41) is 2.09. The quantitative estimate of drug-likeness (QED) is 0.558. The lowest BCUT2D eigenvalue weighted by Crippen LogP contribution is -2.29. The van der Waals surface area contributed by atoms with Crippen LogP contribution in [0.2, 0.25) is 0 Å². The largest absolute Gasteiger partial charge is 0.271 e. The van der Waals surface area contributed by atoms with Crippen LogP contribution in [-0.4, -0.2) is 9.97 Å². The van der Waals surface area contributed by atoms with Gasteiger partial charge in [-0.15, -0.1) is 11.3 Å². The summed E-state index contributed by atoms with van der Waals surface area (Å²) in [6.07, 6.45) is 3.70. The van der Waals surface area contributed by atoms with Gasteiger partial charge in [-0.3, -0.25) is 16.3 Å². The first-order chi connectivity index (χ1) is 9.86. The molecular weight excluding hydrogens is 268 g/mol. The molecule has 5 heteroatoms. The number of thiophene rings is 1. The lowest BCUT2D eigenvalue weighted by molar-refractivity contribution is 0.506. The molecule has 0 spiro atoms. The van der Waals surface area contributed by atoms with Gasteiger partial charge in [-0.1, -0.05) is 18.2 Å². The highest BCUT2D eigenvalue weighted by Crippen LogP contribution is 2.20. The van der Waals surface area contributed by atoms with E-state index in [4.69, 9.17) is 5.84 Å². The highest BCUT2D eigenvalue weighted by atomic mass is 32.1. The Morgan fingerprint density at radius 1 is 1.15 bits per heavy atom. The Morgan fingerprint density at radius 2 is 2.00 bits per heavy atom. The van der Waals surface area contributed by atoms with Gasteiger partial charge in [0.15, 0.2) is 0 Å². The second-order valence-corrected chi connectivity index (χ2v) is 5.65. The highest BCUT2D eigenvalue weighted by molar-refractivity contribution is 7.09. The Kier molecular flexibility index (Phi) is 4.01. The van der Waals surface area contributed by atoms with Crippen LogP contribution in [0.5, 0.6) is 0 Å². The predicted octanol–water partition coefficient (Wildman–Crippen LogP) is 2.83. The average Bonchev–Trinajstić information content (AvgIpc) is 3.01. The SMILES string of the molecule is NNC(CCc1cccs1)c1cnc2ccccc2n1. The van der Waals surface area contributed by atoms with Crippen molar-refractivity contribution in [1.82, 2.24) is 15.4 Å². The molecule has 0 aliphatic carbocycles. The molecule has 0 amide bonds. The second kappa shape index (κ2) is 6.09. The number of hydrazine groups is 1. The van der Waals surface area contributed by atoms with Gasteiger partial charge in [-0.25, -0.2) is 4.98 Å². The second-order valence-electron chi connectivity index (χ2n) is 4.62. The average molecular weight is 284 g/mol. The molecule has 20 heavy (non-hydrogen) atoms. The van der Waals surface area contributed by atoms with Crippen LogP contribution in [0.1, 0.15) is 23.0 Å². The molecular formula is C15H16N4S. The number of aryl methyl sites for hydroxylation is 1. The van der Waals surface area contributed by atoms with Crippen molar-refractivity contribution in [3.8, 4) is 0 Å². The third-order valence-corrected chi connectivity index (χ3v) is 4.22. The number of hydrogen-bond donors (Lipinski definition) is 2. The van der Waals surface area contributed by atoms with E-state index in [2.05, 4.69) is 32.9 Å². The van der Waals surface area contributed by atoms with Crippen LogP contribution in [0, 0.1) is 0 Å². The van der Waals surface area contributed by atoms with Crippen molar-refractivity contribution >= 4 is 22.4 Å². The number of hydrogen-bond acceptors (Lipinski definition) is 5. The summed E-state index contributed by atoms with van der Waals surface area (Å²) in [4.78, 5) is 10.4. The van der Waals surface area contributed by atoms with E-state index in [1.165, 1.54) is 4.88 Å². The van der Waals surface area contributed by atoms with Gasteiger partial charge in [0.25, 0.3) is 0 Å². The summed E-state index contributed by atoms with van der Waals surface area (Å²) < 4.78 is 0. The Hall–Kier alpha value is -1.82. The molecule has 0 fully saturated rings. The van der Waals surface area contributed by atoms with E-state index in [1.54, 1.807) is 17.5 Å². The molecule has 2 heterocycles. The first kappa shape index (κ1) is 13.2. The van der Waals surface area contributed by atoms with Crippen molar-refractivity contribution < 1.29 is 0 Å². The van der Waals surface area contributed by atoms with Gasteiger partial charge in [-0.05, 0) is 36.4 Å². The minimum absolute atomic E-state index is 0.0224. The van der Waals surface area contributed by atoms with Crippen LogP contribution in [0.4, 0.5) is 0 Å². The van der Waals surface area contributed by atoms with Crippen molar-refractivity contribution in [3.63, 3.8) is 0 Å². The van der Waals surface area contributed by atoms with E-state index in [0.29, 0.717) is 0 Å². The predicted molar refractivity (Wildman–Crippen MR) is 82.2 cm³/mol. The maximum Gasteiger partial charge on any atom is 0.0890 e. The maximum absolute atomic E-state index is 5.67. The minimum atomic E-state index is 0.0224. The molecule has 0 aliphatic heterocycles. The van der Waals surface area contributed by atoms with Crippen molar-refractivity contribution in [3.05, 3.63) is 58.5 Å². The third-order valence-electron chi connectivity index (χ3n) is 3.28. The van der Waals surface area contributed by atoms with Gasteiger partial charge < -0.3 is 0 Å². The minimum Gasteiger partial charge on any atom is -0.271 e. The number of aromatic nitrogens is 2. The topological polar surface area (TPSA) is 63.8 Å². The van der Waals surface area contributed by atoms with Crippen molar-refractivity contribution in [1.29, 1.82) is 0 Å². The molecule has 3 aromatic rings. The fourth-order valence-electron chi connectivity index (χ4n) is 2.20. The lowest BCUT2D eigenvalue weighted by atomic mass is 10.1. The van der Waals surface area contributed by atoms with Gasteiger partial charge in [0.2, 0.25) is 0 Å². The van der Waals surface area contributed by atoms with Crippen LogP contribution in [0.25, 0.3) is 11.0 Å². The zero-order valence-corrected chi connectivity index (χ0v) is 11.8. The van der Waals surface area contributed by atoms with Crippen molar-refractivity contribution in [2.75, 3.05) is 0 Å². The molecule has 4 nitrogen and oxygen atoms in total. The van der Waals surface area contributed by atoms with Crippen LogP contribution < -0.4 is 11.3 Å². The van der Waals surface area contributed by atoms with E-state index < -0.39 is 0 Å². The number of fused-ring (bicyclic) bond motifs is 1.